The van der Waals surface area contributed by atoms with E-state index >= 15 is 0 Å². The Bertz CT molecular complexity index is 441. The predicted octanol–water partition coefficient (Wildman–Crippen LogP) is 0.540. The van der Waals surface area contributed by atoms with Gasteiger partial charge in [0.1, 0.15) is 12.6 Å². The monoisotopic (exact) mass is 255 g/mol. The molecule has 7 heteroatoms. The molecule has 0 N–H and O–H groups in total. The van der Waals surface area contributed by atoms with Crippen LogP contribution in [-0.2, 0) is 14.3 Å². The van der Waals surface area contributed by atoms with Crippen molar-refractivity contribution < 1.29 is 19.1 Å². The molecule has 18 heavy (non-hydrogen) atoms. The Kier molecular flexibility index (Phi) is 4.96. The van der Waals surface area contributed by atoms with E-state index in [9.17, 15) is 9.59 Å². The summed E-state index contributed by atoms with van der Waals surface area (Å²) in [5.74, 6) is -0.617. The van der Waals surface area contributed by atoms with Gasteiger partial charge in [0.15, 0.2) is 11.5 Å². The van der Waals surface area contributed by atoms with Gasteiger partial charge >= 0.3 is 5.97 Å². The van der Waals surface area contributed by atoms with Crippen molar-refractivity contribution in [2.75, 3.05) is 20.3 Å². The summed E-state index contributed by atoms with van der Waals surface area (Å²) in [5.41, 5.74) is 0.824. The second-order valence-electron chi connectivity index (χ2n) is 3.86. The zero-order valence-corrected chi connectivity index (χ0v) is 11.0. The molecule has 1 aromatic rings. The van der Waals surface area contributed by atoms with Gasteiger partial charge in [0, 0.05) is 14.0 Å². The van der Waals surface area contributed by atoms with E-state index < -0.39 is 12.0 Å². The highest BCUT2D eigenvalue weighted by atomic mass is 16.6. The molecule has 1 heterocycles. The van der Waals surface area contributed by atoms with Gasteiger partial charge in [0.2, 0.25) is 0 Å². The summed E-state index contributed by atoms with van der Waals surface area (Å²) in [6.07, 6.45) is 0. The maximum atomic E-state index is 11.7. The number of Topliss-reactive ketones (excluding diaryl/α,β-unsaturated/α-hetero) is 1. The summed E-state index contributed by atoms with van der Waals surface area (Å²) < 4.78 is 11.1. The lowest BCUT2D eigenvalue weighted by atomic mass is 10.2. The van der Waals surface area contributed by atoms with E-state index in [0.29, 0.717) is 12.3 Å². The van der Waals surface area contributed by atoms with Gasteiger partial charge in [-0.1, -0.05) is 5.21 Å². The molecule has 0 saturated carbocycles. The van der Waals surface area contributed by atoms with Crippen molar-refractivity contribution >= 4 is 11.8 Å². The van der Waals surface area contributed by atoms with Gasteiger partial charge in [0.05, 0.1) is 12.3 Å². The van der Waals surface area contributed by atoms with Crippen LogP contribution < -0.4 is 0 Å². The number of carbonyl (C=O) groups is 2. The largest absolute Gasteiger partial charge is 0.462 e. The molecular formula is C11H17N3O4. The third-order valence-corrected chi connectivity index (χ3v) is 2.50. The van der Waals surface area contributed by atoms with Crippen LogP contribution in [0.2, 0.25) is 0 Å². The number of nitrogens with zero attached hydrogens (tertiary/aromatic N) is 3. The molecule has 0 aromatic carbocycles. The highest BCUT2D eigenvalue weighted by Crippen LogP contribution is 2.12. The van der Waals surface area contributed by atoms with E-state index in [0.717, 1.165) is 0 Å². The Balaban J connectivity index is 2.75. The van der Waals surface area contributed by atoms with Gasteiger partial charge in [-0.05, 0) is 13.8 Å². The molecule has 0 aliphatic carbocycles. The van der Waals surface area contributed by atoms with Crippen molar-refractivity contribution in [2.45, 2.75) is 26.8 Å². The van der Waals surface area contributed by atoms with Crippen LogP contribution >= 0.6 is 0 Å². The minimum absolute atomic E-state index is 0.182. The number of aromatic nitrogens is 3. The van der Waals surface area contributed by atoms with Crippen LogP contribution in [0.3, 0.4) is 0 Å². The smallest absolute Gasteiger partial charge is 0.330 e. The SMILES string of the molecule is COCCOC(=O)C(C)n1nnc(C(C)=O)c1C. The first-order valence-corrected chi connectivity index (χ1v) is 5.57. The third-order valence-electron chi connectivity index (χ3n) is 2.50. The first-order chi connectivity index (χ1) is 8.49. The molecule has 0 aliphatic heterocycles. The first-order valence-electron chi connectivity index (χ1n) is 5.57. The molecule has 7 nitrogen and oxygen atoms in total. The fourth-order valence-corrected chi connectivity index (χ4v) is 1.48. The number of esters is 1. The Labute approximate surface area is 105 Å². The predicted molar refractivity (Wildman–Crippen MR) is 62.3 cm³/mol. The Morgan fingerprint density at radius 2 is 2.06 bits per heavy atom. The minimum Gasteiger partial charge on any atom is -0.462 e. The van der Waals surface area contributed by atoms with Crippen molar-refractivity contribution in [3.05, 3.63) is 11.4 Å². The van der Waals surface area contributed by atoms with E-state index in [1.165, 1.54) is 18.7 Å². The van der Waals surface area contributed by atoms with E-state index in [4.69, 9.17) is 9.47 Å². The van der Waals surface area contributed by atoms with Crippen LogP contribution in [0.15, 0.2) is 0 Å². The fourth-order valence-electron chi connectivity index (χ4n) is 1.48. The maximum Gasteiger partial charge on any atom is 0.330 e. The molecule has 1 rings (SSSR count). The van der Waals surface area contributed by atoms with Gasteiger partial charge in [-0.2, -0.15) is 0 Å². The highest BCUT2D eigenvalue weighted by Gasteiger charge is 2.22. The second kappa shape index (κ2) is 6.25. The lowest BCUT2D eigenvalue weighted by Gasteiger charge is -2.12. The summed E-state index contributed by atoms with van der Waals surface area (Å²) in [6.45, 7) is 5.26. The van der Waals surface area contributed by atoms with Crippen LogP contribution in [0.25, 0.3) is 0 Å². The quantitative estimate of drug-likeness (QED) is 0.419. The number of rotatable bonds is 6. The number of ketones is 1. The van der Waals surface area contributed by atoms with Gasteiger partial charge in [0.25, 0.3) is 0 Å². The number of hydrogen-bond donors (Lipinski definition) is 0. The molecule has 0 bridgehead atoms. The topological polar surface area (TPSA) is 83.3 Å². The molecule has 0 saturated heterocycles. The van der Waals surface area contributed by atoms with Gasteiger partial charge in [-0.25, -0.2) is 9.48 Å². The zero-order valence-electron chi connectivity index (χ0n) is 11.0. The zero-order chi connectivity index (χ0) is 13.7. The average molecular weight is 255 g/mol. The van der Waals surface area contributed by atoms with Crippen molar-refractivity contribution in [2.24, 2.45) is 0 Å². The van der Waals surface area contributed by atoms with Crippen molar-refractivity contribution in [3.63, 3.8) is 0 Å². The molecule has 1 unspecified atom stereocenters. The molecule has 0 fully saturated rings. The summed E-state index contributed by atoms with van der Waals surface area (Å²) in [7, 11) is 1.53. The summed E-state index contributed by atoms with van der Waals surface area (Å²) in [4.78, 5) is 22.9. The number of carbonyl (C=O) groups excluding carboxylic acids is 2. The molecule has 0 amide bonds. The number of ether oxygens (including phenoxy) is 2. The molecule has 100 valence electrons. The van der Waals surface area contributed by atoms with E-state index in [2.05, 4.69) is 10.3 Å². The summed E-state index contributed by atoms with van der Waals surface area (Å²) in [5, 5.41) is 7.55. The Morgan fingerprint density at radius 1 is 1.39 bits per heavy atom. The van der Waals surface area contributed by atoms with E-state index in [1.807, 2.05) is 0 Å². The Morgan fingerprint density at radius 3 is 2.56 bits per heavy atom. The van der Waals surface area contributed by atoms with Crippen LogP contribution in [0.1, 0.15) is 36.1 Å². The Hall–Kier alpha value is -1.76. The fraction of sp³-hybridized carbons (Fsp3) is 0.636. The molecular weight excluding hydrogens is 238 g/mol. The van der Waals surface area contributed by atoms with Gasteiger partial charge < -0.3 is 9.47 Å². The van der Waals surface area contributed by atoms with E-state index in [1.54, 1.807) is 13.8 Å². The lowest BCUT2D eigenvalue weighted by molar-refractivity contribution is -0.148. The highest BCUT2D eigenvalue weighted by molar-refractivity contribution is 5.93. The number of methoxy groups -OCH3 is 1. The average Bonchev–Trinajstić information content (AvgIpc) is 2.70. The normalized spacial score (nSPS) is 12.2. The molecule has 1 aromatic heterocycles. The van der Waals surface area contributed by atoms with Crippen molar-refractivity contribution in [1.82, 2.24) is 15.0 Å². The van der Waals surface area contributed by atoms with Crippen LogP contribution in [0, 0.1) is 6.92 Å². The maximum absolute atomic E-state index is 11.7. The van der Waals surface area contributed by atoms with Crippen molar-refractivity contribution in [1.29, 1.82) is 0 Å². The lowest BCUT2D eigenvalue weighted by Crippen LogP contribution is -2.22. The standard InChI is InChI=1S/C11H17N3O4/c1-7-10(9(3)15)12-13-14(7)8(2)11(16)18-6-5-17-4/h8H,5-6H2,1-4H3. The summed E-state index contributed by atoms with van der Waals surface area (Å²) in [6, 6.07) is -0.623. The van der Waals surface area contributed by atoms with Crippen LogP contribution in [0.5, 0.6) is 0 Å². The van der Waals surface area contributed by atoms with E-state index in [-0.39, 0.29) is 18.1 Å². The molecule has 0 aliphatic rings. The molecule has 0 radical (unpaired) electrons. The first kappa shape index (κ1) is 14.3. The second-order valence-corrected chi connectivity index (χ2v) is 3.86. The molecule has 1 atom stereocenters. The van der Waals surface area contributed by atoms with Gasteiger partial charge in [-0.3, -0.25) is 4.79 Å². The summed E-state index contributed by atoms with van der Waals surface area (Å²) >= 11 is 0. The van der Waals surface area contributed by atoms with Gasteiger partial charge in [-0.15, -0.1) is 5.10 Å². The minimum atomic E-state index is -0.623. The van der Waals surface area contributed by atoms with Crippen LogP contribution in [0.4, 0.5) is 0 Å². The third kappa shape index (κ3) is 3.13. The number of hydrogen-bond acceptors (Lipinski definition) is 6. The van der Waals surface area contributed by atoms with Crippen molar-refractivity contribution in [3.8, 4) is 0 Å². The van der Waals surface area contributed by atoms with Crippen LogP contribution in [-0.4, -0.2) is 47.1 Å². The molecule has 0 spiro atoms.